The summed E-state index contributed by atoms with van der Waals surface area (Å²) in [6.07, 6.45) is 2.91. The number of aromatic nitrogens is 1. The van der Waals surface area contributed by atoms with Crippen LogP contribution < -0.4 is 5.32 Å². The van der Waals surface area contributed by atoms with Crippen LogP contribution >= 0.6 is 27.5 Å². The van der Waals surface area contributed by atoms with E-state index in [0.29, 0.717) is 17.3 Å². The zero-order valence-corrected chi connectivity index (χ0v) is 13.5. The van der Waals surface area contributed by atoms with E-state index < -0.39 is 0 Å². The van der Waals surface area contributed by atoms with E-state index in [2.05, 4.69) is 28.2 Å². The van der Waals surface area contributed by atoms with Gasteiger partial charge in [-0.3, -0.25) is 4.79 Å². The average molecular weight is 356 g/mol. The molecule has 0 unspecified atom stereocenters. The number of aryl methyl sites for hydroxylation is 1. The smallest absolute Gasteiger partial charge is 0.268 e. The molecule has 1 heterocycles. The number of hydrogen-bond donors (Lipinski definition) is 1. The first-order valence-electron chi connectivity index (χ1n) is 6.48. The van der Waals surface area contributed by atoms with Gasteiger partial charge in [0.25, 0.3) is 5.91 Å². The van der Waals surface area contributed by atoms with Gasteiger partial charge in [0.2, 0.25) is 0 Å². The van der Waals surface area contributed by atoms with Crippen LogP contribution in [0.15, 0.2) is 41.0 Å². The second-order valence-electron chi connectivity index (χ2n) is 4.55. The summed E-state index contributed by atoms with van der Waals surface area (Å²) < 4.78 is 2.87. The van der Waals surface area contributed by atoms with Gasteiger partial charge in [0.1, 0.15) is 5.69 Å². The Morgan fingerprint density at radius 1 is 1.40 bits per heavy atom. The number of carbonyl (C=O) groups is 1. The maximum absolute atomic E-state index is 12.2. The van der Waals surface area contributed by atoms with E-state index in [0.717, 1.165) is 23.0 Å². The van der Waals surface area contributed by atoms with Crippen LogP contribution in [0.2, 0.25) is 5.02 Å². The SMILES string of the molecule is CCCn1cc(Br)cc1C(=O)NCc1cccc(Cl)c1. The summed E-state index contributed by atoms with van der Waals surface area (Å²) in [4.78, 5) is 12.2. The van der Waals surface area contributed by atoms with Crippen molar-refractivity contribution >= 4 is 33.4 Å². The van der Waals surface area contributed by atoms with Crippen molar-refractivity contribution in [3.05, 3.63) is 57.3 Å². The van der Waals surface area contributed by atoms with Gasteiger partial charge in [-0.05, 0) is 46.1 Å². The van der Waals surface area contributed by atoms with E-state index in [1.54, 1.807) is 0 Å². The molecule has 1 amide bonds. The molecule has 20 heavy (non-hydrogen) atoms. The Morgan fingerprint density at radius 3 is 2.90 bits per heavy atom. The summed E-state index contributed by atoms with van der Waals surface area (Å²) in [6, 6.07) is 9.32. The zero-order valence-electron chi connectivity index (χ0n) is 11.2. The van der Waals surface area contributed by atoms with Crippen LogP contribution in [0.25, 0.3) is 0 Å². The van der Waals surface area contributed by atoms with Crippen LogP contribution in [0.1, 0.15) is 29.4 Å². The zero-order chi connectivity index (χ0) is 14.5. The fraction of sp³-hybridized carbons (Fsp3) is 0.267. The summed E-state index contributed by atoms with van der Waals surface area (Å²) in [6.45, 7) is 3.38. The molecule has 0 aliphatic carbocycles. The molecular formula is C15H16BrClN2O. The Labute approximate surface area is 132 Å². The largest absolute Gasteiger partial charge is 0.347 e. The second kappa shape index (κ2) is 6.95. The first-order chi connectivity index (χ1) is 9.60. The maximum atomic E-state index is 12.2. The van der Waals surface area contributed by atoms with Crippen molar-refractivity contribution in [1.82, 2.24) is 9.88 Å². The lowest BCUT2D eigenvalue weighted by Gasteiger charge is -2.09. The topological polar surface area (TPSA) is 34.0 Å². The van der Waals surface area contributed by atoms with Gasteiger partial charge >= 0.3 is 0 Å². The van der Waals surface area contributed by atoms with E-state index in [-0.39, 0.29) is 5.91 Å². The fourth-order valence-electron chi connectivity index (χ4n) is 2.01. The molecule has 0 spiro atoms. The predicted molar refractivity (Wildman–Crippen MR) is 85.0 cm³/mol. The fourth-order valence-corrected chi connectivity index (χ4v) is 2.69. The monoisotopic (exact) mass is 354 g/mol. The van der Waals surface area contributed by atoms with E-state index in [9.17, 15) is 4.79 Å². The highest BCUT2D eigenvalue weighted by molar-refractivity contribution is 9.10. The molecule has 0 bridgehead atoms. The molecule has 1 aromatic heterocycles. The van der Waals surface area contributed by atoms with Gasteiger partial charge in [-0.25, -0.2) is 0 Å². The van der Waals surface area contributed by atoms with Crippen molar-refractivity contribution in [3.63, 3.8) is 0 Å². The summed E-state index contributed by atoms with van der Waals surface area (Å²) >= 11 is 9.33. The first kappa shape index (κ1) is 15.1. The highest BCUT2D eigenvalue weighted by atomic mass is 79.9. The molecule has 0 aliphatic rings. The Morgan fingerprint density at radius 2 is 2.20 bits per heavy atom. The molecule has 5 heteroatoms. The van der Waals surface area contributed by atoms with Crippen molar-refractivity contribution in [2.75, 3.05) is 0 Å². The van der Waals surface area contributed by atoms with Gasteiger partial charge in [-0.2, -0.15) is 0 Å². The van der Waals surface area contributed by atoms with Crippen molar-refractivity contribution in [3.8, 4) is 0 Å². The number of benzene rings is 1. The average Bonchev–Trinajstić information content (AvgIpc) is 2.78. The molecule has 106 valence electrons. The molecule has 0 saturated carbocycles. The van der Waals surface area contributed by atoms with Gasteiger partial charge in [0.15, 0.2) is 0 Å². The number of nitrogens with zero attached hydrogens (tertiary/aromatic N) is 1. The number of halogens is 2. The molecule has 0 radical (unpaired) electrons. The van der Waals surface area contributed by atoms with Crippen molar-refractivity contribution in [1.29, 1.82) is 0 Å². The minimum atomic E-state index is -0.0795. The standard InChI is InChI=1S/C15H16BrClN2O/c1-2-6-19-10-12(16)8-14(19)15(20)18-9-11-4-3-5-13(17)7-11/h3-5,7-8,10H,2,6,9H2,1H3,(H,18,20). The number of amides is 1. The third-order valence-electron chi connectivity index (χ3n) is 2.90. The molecule has 0 aliphatic heterocycles. The summed E-state index contributed by atoms with van der Waals surface area (Å²) in [5.41, 5.74) is 1.65. The third kappa shape index (κ3) is 3.87. The molecule has 2 rings (SSSR count). The van der Waals surface area contributed by atoms with Crippen LogP contribution in [0, 0.1) is 0 Å². The molecule has 1 aromatic carbocycles. The number of carbonyl (C=O) groups excluding carboxylic acids is 1. The van der Waals surface area contributed by atoms with Gasteiger partial charge in [0, 0.05) is 28.8 Å². The van der Waals surface area contributed by atoms with Crippen molar-refractivity contribution < 1.29 is 4.79 Å². The van der Waals surface area contributed by atoms with Gasteiger partial charge in [0.05, 0.1) is 0 Å². The third-order valence-corrected chi connectivity index (χ3v) is 3.57. The normalized spacial score (nSPS) is 10.6. The minimum absolute atomic E-state index is 0.0795. The van der Waals surface area contributed by atoms with Crippen LogP contribution in [0.5, 0.6) is 0 Å². The number of nitrogens with one attached hydrogen (secondary N) is 1. The van der Waals surface area contributed by atoms with Gasteiger partial charge in [-0.1, -0.05) is 30.7 Å². The quantitative estimate of drug-likeness (QED) is 0.855. The van der Waals surface area contributed by atoms with Crippen LogP contribution in [0.4, 0.5) is 0 Å². The summed E-state index contributed by atoms with van der Waals surface area (Å²) in [5, 5.41) is 3.59. The van der Waals surface area contributed by atoms with Crippen molar-refractivity contribution in [2.24, 2.45) is 0 Å². The molecule has 0 saturated heterocycles. The molecule has 2 aromatic rings. The Bertz CT molecular complexity index is 610. The minimum Gasteiger partial charge on any atom is -0.347 e. The lowest BCUT2D eigenvalue weighted by Crippen LogP contribution is -2.25. The van der Waals surface area contributed by atoms with E-state index in [4.69, 9.17) is 11.6 Å². The van der Waals surface area contributed by atoms with Crippen LogP contribution in [-0.4, -0.2) is 10.5 Å². The van der Waals surface area contributed by atoms with Gasteiger partial charge < -0.3 is 9.88 Å². The van der Waals surface area contributed by atoms with E-state index >= 15 is 0 Å². The lowest BCUT2D eigenvalue weighted by molar-refractivity contribution is 0.0941. The number of hydrogen-bond acceptors (Lipinski definition) is 1. The van der Waals surface area contributed by atoms with Crippen LogP contribution in [0.3, 0.4) is 0 Å². The second-order valence-corrected chi connectivity index (χ2v) is 5.90. The molecule has 3 nitrogen and oxygen atoms in total. The Balaban J connectivity index is 2.05. The Hall–Kier alpha value is -1.26. The van der Waals surface area contributed by atoms with E-state index in [1.165, 1.54) is 0 Å². The van der Waals surface area contributed by atoms with Crippen molar-refractivity contribution in [2.45, 2.75) is 26.4 Å². The highest BCUT2D eigenvalue weighted by Crippen LogP contribution is 2.16. The van der Waals surface area contributed by atoms with E-state index in [1.807, 2.05) is 41.1 Å². The highest BCUT2D eigenvalue weighted by Gasteiger charge is 2.12. The predicted octanol–water partition coefficient (Wildman–Crippen LogP) is 4.24. The maximum Gasteiger partial charge on any atom is 0.268 e. The molecule has 1 N–H and O–H groups in total. The summed E-state index contributed by atoms with van der Waals surface area (Å²) in [5.74, 6) is -0.0795. The first-order valence-corrected chi connectivity index (χ1v) is 7.65. The number of rotatable bonds is 5. The van der Waals surface area contributed by atoms with Crippen LogP contribution in [-0.2, 0) is 13.1 Å². The molecule has 0 atom stereocenters. The molecule has 0 fully saturated rings. The molecular weight excluding hydrogens is 340 g/mol. The summed E-state index contributed by atoms with van der Waals surface area (Å²) in [7, 11) is 0. The van der Waals surface area contributed by atoms with Gasteiger partial charge in [-0.15, -0.1) is 0 Å². The lowest BCUT2D eigenvalue weighted by atomic mass is 10.2. The Kier molecular flexibility index (Phi) is 5.26.